The number of urea groups is 1. The average Bonchev–Trinajstić information content (AvgIpc) is 3.31. The summed E-state index contributed by atoms with van der Waals surface area (Å²) >= 11 is 0. The highest BCUT2D eigenvalue weighted by Gasteiger charge is 2.49. The first-order valence-corrected chi connectivity index (χ1v) is 10.3. The highest BCUT2D eigenvalue weighted by molar-refractivity contribution is 6.10. The van der Waals surface area contributed by atoms with E-state index in [2.05, 4.69) is 10.6 Å². The Hall–Kier alpha value is -4.28. The van der Waals surface area contributed by atoms with Crippen molar-refractivity contribution in [1.29, 1.82) is 0 Å². The van der Waals surface area contributed by atoms with Crippen molar-refractivity contribution in [2.75, 3.05) is 23.3 Å². The molecule has 2 aliphatic rings. The molecule has 0 radical (unpaired) electrons. The molecule has 11 heteroatoms. The lowest BCUT2D eigenvalue weighted by Gasteiger charge is -2.22. The third-order valence-corrected chi connectivity index (χ3v) is 5.73. The molecule has 0 aromatic heterocycles. The zero-order chi connectivity index (χ0) is 23.8. The average molecular weight is 451 g/mol. The van der Waals surface area contributed by atoms with Crippen LogP contribution in [0.2, 0.25) is 0 Å². The molecule has 2 aromatic rings. The van der Waals surface area contributed by atoms with Crippen molar-refractivity contribution in [2.24, 2.45) is 0 Å². The minimum atomic E-state index is -1.54. The summed E-state index contributed by atoms with van der Waals surface area (Å²) < 4.78 is 0. The van der Waals surface area contributed by atoms with E-state index >= 15 is 0 Å². The first-order chi connectivity index (χ1) is 15.7. The van der Waals surface area contributed by atoms with Crippen LogP contribution in [0.25, 0.3) is 0 Å². The SMILES string of the molecule is CC1(c2cccc([N+](=O)[O-])c2)NC(=O)N(CC(=O)Nc2cccc(N3CCCC3=O)c2)C1=O. The van der Waals surface area contributed by atoms with E-state index in [9.17, 15) is 29.3 Å². The van der Waals surface area contributed by atoms with E-state index in [4.69, 9.17) is 0 Å². The van der Waals surface area contributed by atoms with E-state index in [-0.39, 0.29) is 17.2 Å². The van der Waals surface area contributed by atoms with Crippen molar-refractivity contribution in [1.82, 2.24) is 10.2 Å². The molecular formula is C22H21N5O6. The highest BCUT2D eigenvalue weighted by atomic mass is 16.6. The van der Waals surface area contributed by atoms with Crippen LogP contribution in [-0.4, -0.2) is 46.7 Å². The quantitative estimate of drug-likeness (QED) is 0.391. The maximum Gasteiger partial charge on any atom is 0.325 e. The van der Waals surface area contributed by atoms with Crippen LogP contribution in [0.5, 0.6) is 0 Å². The first kappa shape index (κ1) is 21.9. The molecule has 1 atom stereocenters. The van der Waals surface area contributed by atoms with E-state index in [0.29, 0.717) is 24.3 Å². The van der Waals surface area contributed by atoms with Crippen LogP contribution >= 0.6 is 0 Å². The fraction of sp³-hybridized carbons (Fsp3) is 0.273. The topological polar surface area (TPSA) is 142 Å². The summed E-state index contributed by atoms with van der Waals surface area (Å²) in [6, 6.07) is 11.4. The number of amides is 5. The van der Waals surface area contributed by atoms with Crippen molar-refractivity contribution in [3.63, 3.8) is 0 Å². The zero-order valence-corrected chi connectivity index (χ0v) is 17.7. The summed E-state index contributed by atoms with van der Waals surface area (Å²) in [4.78, 5) is 62.9. The fourth-order valence-corrected chi connectivity index (χ4v) is 3.98. The molecular weight excluding hydrogens is 430 g/mol. The van der Waals surface area contributed by atoms with Gasteiger partial charge in [0.15, 0.2) is 0 Å². The summed E-state index contributed by atoms with van der Waals surface area (Å²) in [6.45, 7) is 1.50. The summed E-state index contributed by atoms with van der Waals surface area (Å²) in [7, 11) is 0. The molecule has 2 aliphatic heterocycles. The smallest absolute Gasteiger partial charge is 0.324 e. The van der Waals surface area contributed by atoms with Crippen LogP contribution in [-0.2, 0) is 19.9 Å². The molecule has 0 bridgehead atoms. The Morgan fingerprint density at radius 1 is 1.18 bits per heavy atom. The second-order valence-corrected chi connectivity index (χ2v) is 8.00. The van der Waals surface area contributed by atoms with Gasteiger partial charge in [0.1, 0.15) is 12.1 Å². The molecule has 33 heavy (non-hydrogen) atoms. The Morgan fingerprint density at radius 2 is 1.94 bits per heavy atom. The van der Waals surface area contributed by atoms with E-state index in [1.807, 2.05) is 0 Å². The van der Waals surface area contributed by atoms with Crippen LogP contribution in [0.15, 0.2) is 48.5 Å². The second-order valence-electron chi connectivity index (χ2n) is 8.00. The minimum Gasteiger partial charge on any atom is -0.324 e. The van der Waals surface area contributed by atoms with E-state index in [1.165, 1.54) is 31.2 Å². The van der Waals surface area contributed by atoms with Gasteiger partial charge in [0.2, 0.25) is 11.8 Å². The van der Waals surface area contributed by atoms with Crippen LogP contribution in [0.4, 0.5) is 21.9 Å². The third-order valence-electron chi connectivity index (χ3n) is 5.73. The molecule has 1 unspecified atom stereocenters. The van der Waals surface area contributed by atoms with E-state index in [0.717, 1.165) is 11.3 Å². The van der Waals surface area contributed by atoms with Crippen molar-refractivity contribution in [3.05, 3.63) is 64.2 Å². The number of benzene rings is 2. The van der Waals surface area contributed by atoms with Crippen LogP contribution in [0, 0.1) is 10.1 Å². The molecule has 2 fully saturated rings. The number of nitrogens with zero attached hydrogens (tertiary/aromatic N) is 3. The van der Waals surface area contributed by atoms with Gasteiger partial charge in [-0.25, -0.2) is 4.79 Å². The maximum atomic E-state index is 13.0. The maximum absolute atomic E-state index is 13.0. The van der Waals surface area contributed by atoms with Gasteiger partial charge in [-0.15, -0.1) is 0 Å². The van der Waals surface area contributed by atoms with Gasteiger partial charge in [-0.05, 0) is 37.1 Å². The molecule has 4 rings (SSSR count). The van der Waals surface area contributed by atoms with Gasteiger partial charge in [-0.2, -0.15) is 0 Å². The number of anilines is 2. The van der Waals surface area contributed by atoms with Crippen molar-refractivity contribution in [2.45, 2.75) is 25.3 Å². The van der Waals surface area contributed by atoms with Crippen molar-refractivity contribution in [3.8, 4) is 0 Å². The Balaban J connectivity index is 1.47. The Morgan fingerprint density at radius 3 is 2.64 bits per heavy atom. The lowest BCUT2D eigenvalue weighted by atomic mass is 9.91. The molecule has 2 heterocycles. The molecule has 0 saturated carbocycles. The predicted molar refractivity (Wildman–Crippen MR) is 117 cm³/mol. The minimum absolute atomic E-state index is 0.0123. The van der Waals surface area contributed by atoms with Crippen LogP contribution in [0.3, 0.4) is 0 Å². The number of carbonyl (C=O) groups excluding carboxylic acids is 4. The summed E-state index contributed by atoms with van der Waals surface area (Å²) in [5.41, 5.74) is -0.446. The number of hydrogen-bond acceptors (Lipinski definition) is 6. The van der Waals surface area contributed by atoms with Gasteiger partial charge in [-0.1, -0.05) is 18.2 Å². The summed E-state index contributed by atoms with van der Waals surface area (Å²) in [5, 5.41) is 16.2. The third kappa shape index (κ3) is 4.12. The molecule has 2 N–H and O–H groups in total. The number of nitro benzene ring substituents is 1. The number of nitrogens with one attached hydrogen (secondary N) is 2. The van der Waals surface area contributed by atoms with Gasteiger partial charge in [0.25, 0.3) is 11.6 Å². The standard InChI is InChI=1S/C22H21N5O6/c1-22(14-5-2-8-17(11-14)27(32)33)20(30)26(21(31)24-22)13-18(28)23-15-6-3-7-16(12-15)25-10-4-9-19(25)29/h2-3,5-8,11-12H,4,9-10,13H2,1H3,(H,23,28)(H,24,31). The summed E-state index contributed by atoms with van der Waals surface area (Å²) in [6.07, 6.45) is 1.25. The molecule has 2 aromatic carbocycles. The van der Waals surface area contributed by atoms with Crippen LogP contribution < -0.4 is 15.5 Å². The van der Waals surface area contributed by atoms with Crippen molar-refractivity contribution < 1.29 is 24.1 Å². The van der Waals surface area contributed by atoms with Crippen molar-refractivity contribution >= 4 is 40.8 Å². The number of rotatable bonds is 6. The predicted octanol–water partition coefficient (Wildman–Crippen LogP) is 2.13. The first-order valence-electron chi connectivity index (χ1n) is 10.3. The van der Waals surface area contributed by atoms with Gasteiger partial charge in [0, 0.05) is 36.5 Å². The summed E-state index contributed by atoms with van der Waals surface area (Å²) in [5.74, 6) is -1.29. The number of carbonyl (C=O) groups is 4. The molecule has 2 saturated heterocycles. The molecule has 5 amide bonds. The highest BCUT2D eigenvalue weighted by Crippen LogP contribution is 2.31. The molecule has 0 aliphatic carbocycles. The second kappa shape index (κ2) is 8.34. The van der Waals surface area contributed by atoms with E-state index in [1.54, 1.807) is 29.2 Å². The number of nitro groups is 1. The largest absolute Gasteiger partial charge is 0.325 e. The van der Waals surface area contributed by atoms with Gasteiger partial charge in [-0.3, -0.25) is 29.4 Å². The Labute approximate surface area is 188 Å². The van der Waals surface area contributed by atoms with E-state index < -0.39 is 34.9 Å². The lowest BCUT2D eigenvalue weighted by molar-refractivity contribution is -0.385. The number of imide groups is 1. The number of hydrogen-bond donors (Lipinski definition) is 2. The Kier molecular flexibility index (Phi) is 5.54. The Bertz CT molecular complexity index is 1180. The molecule has 170 valence electrons. The zero-order valence-electron chi connectivity index (χ0n) is 17.7. The van der Waals surface area contributed by atoms with Crippen LogP contribution in [0.1, 0.15) is 25.3 Å². The monoisotopic (exact) mass is 451 g/mol. The molecule has 11 nitrogen and oxygen atoms in total. The van der Waals surface area contributed by atoms with Gasteiger partial charge in [0.05, 0.1) is 4.92 Å². The number of non-ortho nitro benzene ring substituents is 1. The van der Waals surface area contributed by atoms with Gasteiger partial charge < -0.3 is 15.5 Å². The fourth-order valence-electron chi connectivity index (χ4n) is 3.98. The normalized spacial score (nSPS) is 20.2. The molecule has 0 spiro atoms. The lowest BCUT2D eigenvalue weighted by Crippen LogP contribution is -2.42. The van der Waals surface area contributed by atoms with Gasteiger partial charge >= 0.3 is 6.03 Å².